The van der Waals surface area contributed by atoms with Gasteiger partial charge in [-0.3, -0.25) is 10.3 Å². The van der Waals surface area contributed by atoms with Gasteiger partial charge in [-0.1, -0.05) is 0 Å². The van der Waals surface area contributed by atoms with Crippen LogP contribution in [0.15, 0.2) is 16.6 Å². The van der Waals surface area contributed by atoms with Gasteiger partial charge in [0.05, 0.1) is 6.54 Å². The molecular formula is C10H16N6S. The van der Waals surface area contributed by atoms with Crippen LogP contribution in [0.3, 0.4) is 0 Å². The Kier molecular flexibility index (Phi) is 6.70. The van der Waals surface area contributed by atoms with Gasteiger partial charge in [0.1, 0.15) is 5.01 Å². The number of hydrogen-bond donors (Lipinski definition) is 3. The third-order valence-electron chi connectivity index (χ3n) is 1.84. The molecular weight excluding hydrogens is 236 g/mol. The van der Waals surface area contributed by atoms with Crippen LogP contribution >= 0.6 is 11.3 Å². The monoisotopic (exact) mass is 252 g/mol. The molecule has 0 aliphatic heterocycles. The van der Waals surface area contributed by atoms with E-state index < -0.39 is 0 Å². The molecule has 0 bridgehead atoms. The summed E-state index contributed by atoms with van der Waals surface area (Å²) in [4.78, 5) is 8.37. The Morgan fingerprint density at radius 3 is 3.18 bits per heavy atom. The van der Waals surface area contributed by atoms with Crippen LogP contribution in [-0.2, 0) is 6.54 Å². The number of nitrogens with one attached hydrogen (secondary N) is 3. The lowest BCUT2D eigenvalue weighted by molar-refractivity contribution is 0.689. The lowest BCUT2D eigenvalue weighted by atomic mass is 10.6. The van der Waals surface area contributed by atoms with Crippen LogP contribution in [0.25, 0.3) is 0 Å². The molecule has 7 heteroatoms. The third kappa shape index (κ3) is 5.85. The van der Waals surface area contributed by atoms with Crippen molar-refractivity contribution in [2.45, 2.75) is 13.5 Å². The summed E-state index contributed by atoms with van der Waals surface area (Å²) < 4.78 is 0. The van der Waals surface area contributed by atoms with Gasteiger partial charge in [0.2, 0.25) is 5.96 Å². The van der Waals surface area contributed by atoms with Gasteiger partial charge < -0.3 is 10.6 Å². The zero-order valence-electron chi connectivity index (χ0n) is 9.73. The van der Waals surface area contributed by atoms with Crippen LogP contribution in [-0.4, -0.2) is 30.6 Å². The summed E-state index contributed by atoms with van der Waals surface area (Å²) >= 11 is 1.63. The van der Waals surface area contributed by atoms with E-state index in [-0.39, 0.29) is 0 Å². The second kappa shape index (κ2) is 8.50. The van der Waals surface area contributed by atoms with Crippen molar-refractivity contribution in [3.63, 3.8) is 0 Å². The average molecular weight is 252 g/mol. The van der Waals surface area contributed by atoms with Gasteiger partial charge >= 0.3 is 0 Å². The molecule has 0 saturated heterocycles. The van der Waals surface area contributed by atoms with Crippen LogP contribution < -0.4 is 16.0 Å². The number of rotatable bonds is 6. The van der Waals surface area contributed by atoms with Gasteiger partial charge in [0.15, 0.2) is 6.19 Å². The number of nitriles is 1. The molecule has 0 radical (unpaired) electrons. The Hall–Kier alpha value is -1.65. The molecule has 1 heterocycles. The molecule has 6 nitrogen and oxygen atoms in total. The van der Waals surface area contributed by atoms with Crippen LogP contribution in [0.1, 0.15) is 11.9 Å². The van der Waals surface area contributed by atoms with E-state index in [1.165, 1.54) is 0 Å². The number of nitrogens with zero attached hydrogens (tertiary/aromatic N) is 3. The molecule has 17 heavy (non-hydrogen) atoms. The number of guanidine groups is 1. The van der Waals surface area contributed by atoms with Gasteiger partial charge in [-0.2, -0.15) is 5.26 Å². The minimum atomic E-state index is 0.519. The highest BCUT2D eigenvalue weighted by atomic mass is 32.1. The first kappa shape index (κ1) is 13.4. The number of thiazole rings is 1. The molecule has 0 atom stereocenters. The summed E-state index contributed by atoms with van der Waals surface area (Å²) in [6, 6.07) is 0. The zero-order chi connectivity index (χ0) is 12.3. The zero-order valence-corrected chi connectivity index (χ0v) is 10.5. The highest BCUT2D eigenvalue weighted by Gasteiger charge is 1.95. The first-order chi connectivity index (χ1) is 8.36. The molecule has 0 unspecified atom stereocenters. The van der Waals surface area contributed by atoms with Gasteiger partial charge in [-0.15, -0.1) is 11.3 Å². The molecule has 1 rings (SSSR count). The molecule has 1 aromatic rings. The number of aromatic nitrogens is 1. The van der Waals surface area contributed by atoms with E-state index >= 15 is 0 Å². The smallest absolute Gasteiger partial charge is 0.204 e. The van der Waals surface area contributed by atoms with E-state index in [2.05, 4.69) is 25.9 Å². The van der Waals surface area contributed by atoms with Crippen molar-refractivity contribution >= 4 is 17.3 Å². The summed E-state index contributed by atoms with van der Waals surface area (Å²) in [6.45, 7) is 4.81. The summed E-state index contributed by atoms with van der Waals surface area (Å²) in [5.74, 6) is 0.519. The van der Waals surface area contributed by atoms with Crippen LogP contribution in [0, 0.1) is 11.5 Å². The Morgan fingerprint density at radius 1 is 1.65 bits per heavy atom. The lowest BCUT2D eigenvalue weighted by Crippen LogP contribution is -2.35. The quantitative estimate of drug-likeness (QED) is 0.222. The normalized spacial score (nSPS) is 10.9. The van der Waals surface area contributed by atoms with Crippen molar-refractivity contribution in [1.29, 1.82) is 5.26 Å². The summed E-state index contributed by atoms with van der Waals surface area (Å²) in [6.07, 6.45) is 3.64. The van der Waals surface area contributed by atoms with E-state index in [0.29, 0.717) is 12.5 Å². The highest BCUT2D eigenvalue weighted by Crippen LogP contribution is 2.01. The third-order valence-corrected chi connectivity index (χ3v) is 2.62. The predicted octanol–water partition coefficient (Wildman–Crippen LogP) is 0.269. The van der Waals surface area contributed by atoms with Gasteiger partial charge in [-0.25, -0.2) is 4.98 Å². The molecule has 0 aliphatic carbocycles. The number of hydrogen-bond acceptors (Lipinski definition) is 5. The van der Waals surface area contributed by atoms with Crippen molar-refractivity contribution in [2.75, 3.05) is 19.6 Å². The fourth-order valence-electron chi connectivity index (χ4n) is 1.14. The molecule has 3 N–H and O–H groups in total. The molecule has 0 saturated carbocycles. The topological polar surface area (TPSA) is 85.1 Å². The van der Waals surface area contributed by atoms with Crippen molar-refractivity contribution in [3.8, 4) is 6.19 Å². The lowest BCUT2D eigenvalue weighted by Gasteiger charge is -2.05. The van der Waals surface area contributed by atoms with E-state index in [1.807, 2.05) is 18.5 Å². The largest absolute Gasteiger partial charge is 0.356 e. The van der Waals surface area contributed by atoms with E-state index in [9.17, 15) is 0 Å². The first-order valence-electron chi connectivity index (χ1n) is 5.39. The molecule has 0 aliphatic rings. The minimum Gasteiger partial charge on any atom is -0.356 e. The number of aliphatic imine (C=N–C) groups is 1. The Labute approximate surface area is 105 Å². The Morgan fingerprint density at radius 2 is 2.53 bits per heavy atom. The molecule has 1 aromatic heterocycles. The Bertz CT molecular complexity index is 367. The molecule has 0 fully saturated rings. The predicted molar refractivity (Wildman–Crippen MR) is 68.5 cm³/mol. The van der Waals surface area contributed by atoms with Crippen LogP contribution in [0.2, 0.25) is 0 Å². The van der Waals surface area contributed by atoms with E-state index in [4.69, 9.17) is 5.26 Å². The molecule has 0 amide bonds. The minimum absolute atomic E-state index is 0.519. The summed E-state index contributed by atoms with van der Waals surface area (Å²) in [5.41, 5.74) is 0. The molecule has 0 aromatic carbocycles. The van der Waals surface area contributed by atoms with Crippen molar-refractivity contribution < 1.29 is 0 Å². The van der Waals surface area contributed by atoms with E-state index in [0.717, 1.165) is 24.6 Å². The van der Waals surface area contributed by atoms with Crippen LogP contribution in [0.5, 0.6) is 0 Å². The van der Waals surface area contributed by atoms with Crippen molar-refractivity contribution in [1.82, 2.24) is 20.9 Å². The molecule has 92 valence electrons. The SMILES string of the molecule is CCN/C(=N/CCNCc1nccs1)NC#N. The fraction of sp³-hybridized carbons (Fsp3) is 0.500. The summed E-state index contributed by atoms with van der Waals surface area (Å²) in [5, 5.41) is 20.2. The average Bonchev–Trinajstić information content (AvgIpc) is 2.82. The van der Waals surface area contributed by atoms with Gasteiger partial charge in [-0.05, 0) is 6.92 Å². The summed E-state index contributed by atoms with van der Waals surface area (Å²) in [7, 11) is 0. The fourth-order valence-corrected chi connectivity index (χ4v) is 1.73. The van der Waals surface area contributed by atoms with Gasteiger partial charge in [0, 0.05) is 31.2 Å². The second-order valence-corrected chi connectivity index (χ2v) is 4.08. The molecule has 0 spiro atoms. The maximum absolute atomic E-state index is 8.49. The standard InChI is InChI=1S/C10H16N6S/c1-2-13-10(16-8-11)15-4-3-12-7-9-14-5-6-17-9/h5-6,12H,2-4,7H2,1H3,(H2,13,15,16). The van der Waals surface area contributed by atoms with Gasteiger partial charge in [0.25, 0.3) is 0 Å². The van der Waals surface area contributed by atoms with E-state index in [1.54, 1.807) is 17.5 Å². The second-order valence-electron chi connectivity index (χ2n) is 3.10. The maximum Gasteiger partial charge on any atom is 0.204 e. The Balaban J connectivity index is 2.16. The van der Waals surface area contributed by atoms with Crippen molar-refractivity contribution in [3.05, 3.63) is 16.6 Å². The van der Waals surface area contributed by atoms with Crippen molar-refractivity contribution in [2.24, 2.45) is 4.99 Å². The first-order valence-corrected chi connectivity index (χ1v) is 6.27. The van der Waals surface area contributed by atoms with Crippen LogP contribution in [0.4, 0.5) is 0 Å². The highest BCUT2D eigenvalue weighted by molar-refractivity contribution is 7.09. The maximum atomic E-state index is 8.49.